The average Bonchev–Trinajstić information content (AvgIpc) is 2.95. The van der Waals surface area contributed by atoms with Crippen LogP contribution in [0.4, 0.5) is 11.4 Å². The zero-order chi connectivity index (χ0) is 23.0. The molecule has 0 N–H and O–H groups in total. The number of carbonyl (C=O) groups excluding carboxylic acids is 2. The molecule has 2 amide bonds. The molecule has 0 aliphatic carbocycles. The lowest BCUT2D eigenvalue weighted by molar-refractivity contribution is -0.127. The van der Waals surface area contributed by atoms with Gasteiger partial charge in [-0.05, 0) is 42.8 Å². The van der Waals surface area contributed by atoms with Gasteiger partial charge in [0.15, 0.2) is 19.7 Å². The maximum atomic E-state index is 13.2. The van der Waals surface area contributed by atoms with Gasteiger partial charge in [-0.15, -0.1) is 0 Å². The van der Waals surface area contributed by atoms with Gasteiger partial charge in [0.25, 0.3) is 11.8 Å². The second-order valence-electron chi connectivity index (χ2n) is 7.53. The van der Waals surface area contributed by atoms with Gasteiger partial charge in [-0.25, -0.2) is 26.9 Å². The Balaban J connectivity index is 2.17. The van der Waals surface area contributed by atoms with E-state index in [1.807, 2.05) is 6.92 Å². The minimum atomic E-state index is -3.54. The van der Waals surface area contributed by atoms with Crippen LogP contribution in [0.15, 0.2) is 58.3 Å². The van der Waals surface area contributed by atoms with Crippen LogP contribution in [0, 0.1) is 5.92 Å². The van der Waals surface area contributed by atoms with E-state index in [1.54, 1.807) is 0 Å². The van der Waals surface area contributed by atoms with Crippen molar-refractivity contribution in [2.45, 2.75) is 36.0 Å². The lowest BCUT2D eigenvalue weighted by Crippen LogP contribution is -2.41. The van der Waals surface area contributed by atoms with E-state index in [9.17, 15) is 26.4 Å². The summed E-state index contributed by atoms with van der Waals surface area (Å²) in [6.07, 6.45) is 3.92. The Bertz CT molecular complexity index is 1140. The largest absolute Gasteiger partial charge is 0.272 e. The van der Waals surface area contributed by atoms with Gasteiger partial charge in [0.2, 0.25) is 0 Å². The number of unbranched alkanes of at least 4 members (excludes halogenated alkanes) is 1. The molecule has 0 aromatic heterocycles. The molecular formula is C21H24N2O6S2. The zero-order valence-corrected chi connectivity index (χ0v) is 19.1. The van der Waals surface area contributed by atoms with E-state index >= 15 is 0 Å². The van der Waals surface area contributed by atoms with Crippen molar-refractivity contribution in [3.8, 4) is 0 Å². The van der Waals surface area contributed by atoms with Crippen LogP contribution in [0.3, 0.4) is 0 Å². The van der Waals surface area contributed by atoms with Crippen LogP contribution in [0.1, 0.15) is 26.2 Å². The number of nitrogens with zero attached hydrogens (tertiary/aromatic N) is 2. The number of sulfone groups is 2. The van der Waals surface area contributed by atoms with Gasteiger partial charge in [0, 0.05) is 12.5 Å². The van der Waals surface area contributed by atoms with E-state index in [0.717, 1.165) is 29.0 Å². The van der Waals surface area contributed by atoms with Crippen LogP contribution in [-0.2, 0) is 29.3 Å². The monoisotopic (exact) mass is 464 g/mol. The van der Waals surface area contributed by atoms with Gasteiger partial charge in [-0.1, -0.05) is 31.9 Å². The average molecular weight is 465 g/mol. The Hall–Kier alpha value is -2.72. The molecule has 31 heavy (non-hydrogen) atoms. The second-order valence-corrected chi connectivity index (χ2v) is 11.6. The normalized spacial score (nSPS) is 15.7. The molecule has 8 nitrogen and oxygen atoms in total. The number of carbonyl (C=O) groups is 2. The molecule has 0 spiro atoms. The number of benzene rings is 2. The molecule has 1 aliphatic rings. The van der Waals surface area contributed by atoms with Crippen molar-refractivity contribution < 1.29 is 26.4 Å². The quantitative estimate of drug-likeness (QED) is 0.583. The molecule has 166 valence electrons. The van der Waals surface area contributed by atoms with Crippen LogP contribution in [0.2, 0.25) is 0 Å². The van der Waals surface area contributed by atoms with Crippen molar-refractivity contribution in [1.82, 2.24) is 0 Å². The van der Waals surface area contributed by atoms with Gasteiger partial charge in [0.1, 0.15) is 5.92 Å². The van der Waals surface area contributed by atoms with Crippen LogP contribution >= 0.6 is 0 Å². The summed E-state index contributed by atoms with van der Waals surface area (Å²) in [5.74, 6) is -1.88. The van der Waals surface area contributed by atoms with E-state index in [4.69, 9.17) is 0 Å². The summed E-state index contributed by atoms with van der Waals surface area (Å²) in [5, 5.41) is 2.28. The van der Waals surface area contributed by atoms with Crippen molar-refractivity contribution in [3.63, 3.8) is 0 Å². The molecular weight excluding hydrogens is 440 g/mol. The predicted molar refractivity (Wildman–Crippen MR) is 117 cm³/mol. The molecule has 1 saturated heterocycles. The van der Waals surface area contributed by atoms with E-state index in [-0.39, 0.29) is 21.2 Å². The molecule has 1 heterocycles. The van der Waals surface area contributed by atoms with Gasteiger partial charge in [-0.2, -0.15) is 0 Å². The third-order valence-electron chi connectivity index (χ3n) is 5.04. The number of anilines is 2. The minimum absolute atomic E-state index is 0.00657. The fourth-order valence-corrected chi connectivity index (χ4v) is 4.75. The summed E-state index contributed by atoms with van der Waals surface area (Å²) < 4.78 is 48.0. The van der Waals surface area contributed by atoms with Crippen LogP contribution in [0.5, 0.6) is 0 Å². The van der Waals surface area contributed by atoms with E-state index in [0.29, 0.717) is 12.8 Å². The van der Waals surface area contributed by atoms with Crippen molar-refractivity contribution in [1.29, 1.82) is 0 Å². The van der Waals surface area contributed by atoms with Gasteiger partial charge >= 0.3 is 0 Å². The van der Waals surface area contributed by atoms with Gasteiger partial charge in [-0.3, -0.25) is 9.59 Å². The van der Waals surface area contributed by atoms with Crippen LogP contribution in [0.25, 0.3) is 0 Å². The predicted octanol–water partition coefficient (Wildman–Crippen LogP) is 2.59. The highest BCUT2D eigenvalue weighted by atomic mass is 32.2. The number of hydrogen-bond donors (Lipinski definition) is 0. The van der Waals surface area contributed by atoms with Crippen molar-refractivity contribution in [2.24, 2.45) is 5.92 Å². The van der Waals surface area contributed by atoms with E-state index in [2.05, 4.69) is 0 Å². The fourth-order valence-electron chi connectivity index (χ4n) is 3.43. The first kappa shape index (κ1) is 23.0. The minimum Gasteiger partial charge on any atom is -0.272 e. The molecule has 10 heteroatoms. The zero-order valence-electron chi connectivity index (χ0n) is 17.5. The van der Waals surface area contributed by atoms with E-state index in [1.165, 1.54) is 48.5 Å². The standard InChI is InChI=1S/C21H24N2O6S2/c1-4-5-12-19-20(24)22(15-8-6-10-17(13-15)30(2,26)27)23(21(19)25)16-9-7-11-18(14-16)31(3,28)29/h6-11,13-14,19H,4-5,12H2,1-3H3. The summed E-state index contributed by atoms with van der Waals surface area (Å²) in [6, 6.07) is 11.5. The lowest BCUT2D eigenvalue weighted by Gasteiger charge is -2.28. The molecule has 1 fully saturated rings. The fraction of sp³-hybridized carbons (Fsp3) is 0.333. The molecule has 0 unspecified atom stereocenters. The molecule has 0 bridgehead atoms. The Morgan fingerprint density at radius 3 is 1.55 bits per heavy atom. The first-order valence-electron chi connectivity index (χ1n) is 9.73. The maximum Gasteiger partial charge on any atom is 0.258 e. The van der Waals surface area contributed by atoms with E-state index < -0.39 is 37.4 Å². The van der Waals surface area contributed by atoms with Crippen LogP contribution < -0.4 is 10.0 Å². The smallest absolute Gasteiger partial charge is 0.258 e. The number of hydrazine groups is 1. The summed E-state index contributed by atoms with van der Waals surface area (Å²) in [4.78, 5) is 26.5. The summed E-state index contributed by atoms with van der Waals surface area (Å²) in [5.41, 5.74) is 0.426. The van der Waals surface area contributed by atoms with Crippen molar-refractivity contribution in [2.75, 3.05) is 22.5 Å². The molecule has 3 rings (SSSR count). The second kappa shape index (κ2) is 8.43. The third-order valence-corrected chi connectivity index (χ3v) is 7.26. The third kappa shape index (κ3) is 4.64. The highest BCUT2D eigenvalue weighted by molar-refractivity contribution is 7.91. The van der Waals surface area contributed by atoms with Crippen molar-refractivity contribution in [3.05, 3.63) is 48.5 Å². The van der Waals surface area contributed by atoms with Gasteiger partial charge < -0.3 is 0 Å². The summed E-state index contributed by atoms with van der Waals surface area (Å²) >= 11 is 0. The number of rotatable bonds is 7. The highest BCUT2D eigenvalue weighted by Gasteiger charge is 2.46. The van der Waals surface area contributed by atoms with Crippen molar-refractivity contribution >= 4 is 42.9 Å². The number of amides is 2. The van der Waals surface area contributed by atoms with Crippen LogP contribution in [-0.4, -0.2) is 41.2 Å². The Morgan fingerprint density at radius 1 is 0.774 bits per heavy atom. The summed E-state index contributed by atoms with van der Waals surface area (Å²) in [7, 11) is -7.08. The molecule has 1 aliphatic heterocycles. The first-order chi connectivity index (χ1) is 14.4. The lowest BCUT2D eigenvalue weighted by atomic mass is 10.0. The molecule has 0 atom stereocenters. The molecule has 2 aromatic carbocycles. The molecule has 0 radical (unpaired) electrons. The highest BCUT2D eigenvalue weighted by Crippen LogP contribution is 2.35. The molecule has 0 saturated carbocycles. The Labute approximate surface area is 182 Å². The number of hydrogen-bond acceptors (Lipinski definition) is 6. The summed E-state index contributed by atoms with van der Waals surface area (Å²) in [6.45, 7) is 1.95. The Kier molecular flexibility index (Phi) is 6.24. The maximum absolute atomic E-state index is 13.2. The SMILES string of the molecule is CCCCC1C(=O)N(c2cccc(S(C)(=O)=O)c2)N(c2cccc(S(C)(=O)=O)c2)C1=O. The Morgan fingerprint density at radius 2 is 1.19 bits per heavy atom. The van der Waals surface area contributed by atoms with Gasteiger partial charge in [0.05, 0.1) is 21.2 Å². The topological polar surface area (TPSA) is 109 Å². The first-order valence-corrected chi connectivity index (χ1v) is 13.5. The molecule has 2 aromatic rings.